The summed E-state index contributed by atoms with van der Waals surface area (Å²) in [7, 11) is 0. The number of aromatic nitrogens is 2. The van der Waals surface area contributed by atoms with Crippen LogP contribution in [0.5, 0.6) is 0 Å². The van der Waals surface area contributed by atoms with Crippen molar-refractivity contribution in [1.29, 1.82) is 0 Å². The van der Waals surface area contributed by atoms with E-state index in [2.05, 4.69) is 9.97 Å². The van der Waals surface area contributed by atoms with Crippen molar-refractivity contribution in [3.63, 3.8) is 0 Å². The molecule has 23 heavy (non-hydrogen) atoms. The molecule has 1 amide bonds. The molecule has 0 radical (unpaired) electrons. The standard InChI is InChI=1S/C17H23N3O3/c21-16(15-18-6-2-7-19-15)20-8-1-5-17(12-20)9-14(11-23-17)22-10-13-3-4-13/h2,6-7,13-14H,1,3-5,8-12H2/t14-,17+/m1/s1. The summed E-state index contributed by atoms with van der Waals surface area (Å²) in [6, 6.07) is 1.72. The quantitative estimate of drug-likeness (QED) is 0.845. The van der Waals surface area contributed by atoms with Crippen LogP contribution in [0.1, 0.15) is 42.7 Å². The lowest BCUT2D eigenvalue weighted by Gasteiger charge is -2.39. The second kappa shape index (κ2) is 6.17. The molecule has 2 atom stereocenters. The normalized spacial score (nSPS) is 30.8. The Hall–Kier alpha value is -1.53. The lowest BCUT2D eigenvalue weighted by atomic mass is 9.89. The second-order valence-electron chi connectivity index (χ2n) is 7.00. The van der Waals surface area contributed by atoms with Gasteiger partial charge in [-0.25, -0.2) is 9.97 Å². The summed E-state index contributed by atoms with van der Waals surface area (Å²) in [5, 5.41) is 0. The Morgan fingerprint density at radius 2 is 2.22 bits per heavy atom. The molecular weight excluding hydrogens is 294 g/mol. The number of amides is 1. The van der Waals surface area contributed by atoms with Gasteiger partial charge in [-0.05, 0) is 37.7 Å². The molecular formula is C17H23N3O3. The first-order valence-corrected chi connectivity index (χ1v) is 8.56. The maximum Gasteiger partial charge on any atom is 0.291 e. The Balaban J connectivity index is 1.37. The smallest absolute Gasteiger partial charge is 0.291 e. The monoisotopic (exact) mass is 317 g/mol. The van der Waals surface area contributed by atoms with Gasteiger partial charge in [-0.2, -0.15) is 0 Å². The molecule has 2 aliphatic heterocycles. The van der Waals surface area contributed by atoms with Crippen LogP contribution in [-0.2, 0) is 9.47 Å². The number of carbonyl (C=O) groups excluding carboxylic acids is 1. The van der Waals surface area contributed by atoms with Crippen molar-refractivity contribution in [3.8, 4) is 0 Å². The number of ether oxygens (including phenoxy) is 2. The highest BCUT2D eigenvalue weighted by atomic mass is 16.6. The first-order valence-electron chi connectivity index (χ1n) is 8.56. The molecule has 6 heteroatoms. The molecule has 0 N–H and O–H groups in total. The number of nitrogens with zero attached hydrogens (tertiary/aromatic N) is 3. The molecule has 3 heterocycles. The topological polar surface area (TPSA) is 64.6 Å². The summed E-state index contributed by atoms with van der Waals surface area (Å²) in [4.78, 5) is 22.5. The highest BCUT2D eigenvalue weighted by Gasteiger charge is 2.45. The second-order valence-corrected chi connectivity index (χ2v) is 7.00. The molecule has 3 fully saturated rings. The van der Waals surface area contributed by atoms with E-state index in [0.717, 1.165) is 38.3 Å². The van der Waals surface area contributed by atoms with Crippen LogP contribution >= 0.6 is 0 Å². The van der Waals surface area contributed by atoms with Gasteiger partial charge in [-0.1, -0.05) is 0 Å². The third-order valence-electron chi connectivity index (χ3n) is 5.02. The van der Waals surface area contributed by atoms with Crippen molar-refractivity contribution in [2.75, 3.05) is 26.3 Å². The minimum absolute atomic E-state index is 0.101. The number of piperidine rings is 1. The summed E-state index contributed by atoms with van der Waals surface area (Å²) in [5.41, 5.74) is -0.239. The van der Waals surface area contributed by atoms with E-state index in [1.165, 1.54) is 12.8 Å². The van der Waals surface area contributed by atoms with E-state index < -0.39 is 0 Å². The minimum Gasteiger partial charge on any atom is -0.375 e. The van der Waals surface area contributed by atoms with Gasteiger partial charge >= 0.3 is 0 Å². The van der Waals surface area contributed by atoms with Gasteiger partial charge in [-0.15, -0.1) is 0 Å². The molecule has 124 valence electrons. The molecule has 3 aliphatic rings. The fraction of sp³-hybridized carbons (Fsp3) is 0.706. The number of carbonyl (C=O) groups is 1. The van der Waals surface area contributed by atoms with Gasteiger partial charge in [0.2, 0.25) is 5.82 Å². The number of hydrogen-bond donors (Lipinski definition) is 0. The van der Waals surface area contributed by atoms with Gasteiger partial charge in [0, 0.05) is 32.0 Å². The van der Waals surface area contributed by atoms with Crippen molar-refractivity contribution >= 4 is 5.91 Å². The van der Waals surface area contributed by atoms with Crippen molar-refractivity contribution in [2.45, 2.75) is 43.8 Å². The maximum absolute atomic E-state index is 12.6. The minimum atomic E-state index is -0.239. The molecule has 1 aromatic heterocycles. The van der Waals surface area contributed by atoms with E-state index in [0.29, 0.717) is 13.2 Å². The van der Waals surface area contributed by atoms with Crippen LogP contribution in [0.2, 0.25) is 0 Å². The number of rotatable bonds is 4. The van der Waals surface area contributed by atoms with Gasteiger partial charge in [0.05, 0.1) is 24.9 Å². The zero-order valence-corrected chi connectivity index (χ0v) is 13.3. The van der Waals surface area contributed by atoms with Gasteiger partial charge in [0.1, 0.15) is 0 Å². The van der Waals surface area contributed by atoms with Crippen molar-refractivity contribution in [1.82, 2.24) is 14.9 Å². The van der Waals surface area contributed by atoms with Crippen LogP contribution in [0.15, 0.2) is 18.5 Å². The SMILES string of the molecule is O=C(c1ncccn1)N1CCC[C@]2(C[C@@H](OCC3CC3)CO2)C1. The lowest BCUT2D eigenvalue weighted by molar-refractivity contribution is -0.0467. The van der Waals surface area contributed by atoms with Crippen LogP contribution in [0, 0.1) is 5.92 Å². The van der Waals surface area contributed by atoms with E-state index in [1.54, 1.807) is 18.5 Å². The van der Waals surface area contributed by atoms with Crippen molar-refractivity contribution in [2.24, 2.45) is 5.92 Å². The molecule has 1 aliphatic carbocycles. The summed E-state index contributed by atoms with van der Waals surface area (Å²) in [6.45, 7) is 2.88. The fourth-order valence-corrected chi connectivity index (χ4v) is 3.57. The summed E-state index contributed by atoms with van der Waals surface area (Å²) >= 11 is 0. The molecule has 1 saturated carbocycles. The third kappa shape index (κ3) is 3.38. The van der Waals surface area contributed by atoms with E-state index in [4.69, 9.17) is 9.47 Å². The highest BCUT2D eigenvalue weighted by Crippen LogP contribution is 2.37. The molecule has 2 saturated heterocycles. The average molecular weight is 317 g/mol. The molecule has 1 aromatic rings. The average Bonchev–Trinajstić information content (AvgIpc) is 3.35. The van der Waals surface area contributed by atoms with Gasteiger partial charge < -0.3 is 14.4 Å². The van der Waals surface area contributed by atoms with Crippen molar-refractivity contribution in [3.05, 3.63) is 24.3 Å². The Bertz CT molecular complexity index is 563. The largest absolute Gasteiger partial charge is 0.375 e. The molecule has 1 spiro atoms. The highest BCUT2D eigenvalue weighted by molar-refractivity contribution is 5.90. The predicted molar refractivity (Wildman–Crippen MR) is 82.9 cm³/mol. The molecule has 0 unspecified atom stereocenters. The Kier molecular flexibility index (Phi) is 4.03. The van der Waals surface area contributed by atoms with Crippen LogP contribution in [0.3, 0.4) is 0 Å². The van der Waals surface area contributed by atoms with E-state index in [9.17, 15) is 4.79 Å². The molecule has 0 aromatic carbocycles. The first-order chi connectivity index (χ1) is 11.2. The summed E-state index contributed by atoms with van der Waals surface area (Å²) in [6.07, 6.45) is 8.83. The Morgan fingerprint density at radius 1 is 1.39 bits per heavy atom. The summed E-state index contributed by atoms with van der Waals surface area (Å²) < 4.78 is 12.1. The van der Waals surface area contributed by atoms with Gasteiger partial charge in [0.15, 0.2) is 0 Å². The molecule has 0 bridgehead atoms. The predicted octanol–water partition coefficient (Wildman–Crippen LogP) is 1.67. The Morgan fingerprint density at radius 3 is 3.00 bits per heavy atom. The van der Waals surface area contributed by atoms with Crippen LogP contribution < -0.4 is 0 Å². The van der Waals surface area contributed by atoms with E-state index in [-0.39, 0.29) is 23.4 Å². The van der Waals surface area contributed by atoms with E-state index in [1.807, 2.05) is 4.90 Å². The van der Waals surface area contributed by atoms with E-state index >= 15 is 0 Å². The van der Waals surface area contributed by atoms with Gasteiger partial charge in [0.25, 0.3) is 5.91 Å². The van der Waals surface area contributed by atoms with Gasteiger partial charge in [-0.3, -0.25) is 4.79 Å². The van der Waals surface area contributed by atoms with Crippen LogP contribution in [-0.4, -0.2) is 58.8 Å². The Labute approximate surface area is 136 Å². The number of hydrogen-bond acceptors (Lipinski definition) is 5. The number of likely N-dealkylation sites (tertiary alicyclic amines) is 1. The summed E-state index contributed by atoms with van der Waals surface area (Å²) in [5.74, 6) is 0.936. The fourth-order valence-electron chi connectivity index (χ4n) is 3.57. The molecule has 6 nitrogen and oxygen atoms in total. The van der Waals surface area contributed by atoms with Crippen LogP contribution in [0.4, 0.5) is 0 Å². The lowest BCUT2D eigenvalue weighted by Crippen LogP contribution is -2.50. The maximum atomic E-state index is 12.6. The zero-order valence-electron chi connectivity index (χ0n) is 13.3. The van der Waals surface area contributed by atoms with Crippen LogP contribution in [0.25, 0.3) is 0 Å². The zero-order chi connectivity index (χ0) is 15.7. The van der Waals surface area contributed by atoms with Crippen molar-refractivity contribution < 1.29 is 14.3 Å². The third-order valence-corrected chi connectivity index (χ3v) is 5.02. The first kappa shape index (κ1) is 15.0. The molecule has 4 rings (SSSR count).